The maximum Gasteiger partial charge on any atom is 0.126 e. The third kappa shape index (κ3) is 4.49. The molecule has 2 nitrogen and oxygen atoms in total. The van der Waals surface area contributed by atoms with Gasteiger partial charge in [0, 0.05) is 5.56 Å². The summed E-state index contributed by atoms with van der Waals surface area (Å²) in [5.74, 6) is 0.957. The second kappa shape index (κ2) is 7.07. The van der Waals surface area contributed by atoms with E-state index in [1.807, 2.05) is 39.1 Å². The maximum atomic E-state index is 5.74. The lowest BCUT2D eigenvalue weighted by Crippen LogP contribution is -2.06. The highest BCUT2D eigenvalue weighted by molar-refractivity contribution is 5.57. The summed E-state index contributed by atoms with van der Waals surface area (Å²) >= 11 is 0. The van der Waals surface area contributed by atoms with Crippen molar-refractivity contribution in [2.75, 3.05) is 13.6 Å². The first-order valence-corrected chi connectivity index (χ1v) is 5.81. The third-order valence-electron chi connectivity index (χ3n) is 2.14. The summed E-state index contributed by atoms with van der Waals surface area (Å²) in [6.45, 7) is 5.09. The highest BCUT2D eigenvalue weighted by Crippen LogP contribution is 2.20. The van der Waals surface area contributed by atoms with Gasteiger partial charge in [-0.1, -0.05) is 30.4 Å². The van der Waals surface area contributed by atoms with Gasteiger partial charge in [0.05, 0.1) is 6.10 Å². The number of para-hydroxylation sites is 1. The Hall–Kier alpha value is -1.28. The molecule has 16 heavy (non-hydrogen) atoms. The molecule has 1 rings (SSSR count). The van der Waals surface area contributed by atoms with Gasteiger partial charge in [0.2, 0.25) is 0 Å². The van der Waals surface area contributed by atoms with E-state index in [2.05, 4.69) is 23.5 Å². The van der Waals surface area contributed by atoms with Gasteiger partial charge in [0.25, 0.3) is 0 Å². The van der Waals surface area contributed by atoms with Gasteiger partial charge in [-0.2, -0.15) is 0 Å². The average Bonchev–Trinajstić information content (AvgIpc) is 2.26. The zero-order chi connectivity index (χ0) is 11.8. The summed E-state index contributed by atoms with van der Waals surface area (Å²) in [6, 6.07) is 8.12. The van der Waals surface area contributed by atoms with Crippen LogP contribution in [0, 0.1) is 0 Å². The molecule has 0 saturated carbocycles. The Bertz CT molecular complexity index is 331. The molecule has 0 amide bonds. The van der Waals surface area contributed by atoms with Gasteiger partial charge >= 0.3 is 0 Å². The average molecular weight is 219 g/mol. The first kappa shape index (κ1) is 12.8. The Kier molecular flexibility index (Phi) is 5.65. The molecule has 2 heteroatoms. The lowest BCUT2D eigenvalue weighted by Gasteiger charge is -2.11. The van der Waals surface area contributed by atoms with Crippen molar-refractivity contribution in [2.24, 2.45) is 0 Å². The zero-order valence-corrected chi connectivity index (χ0v) is 10.4. The lowest BCUT2D eigenvalue weighted by molar-refractivity contribution is 0.242. The minimum atomic E-state index is 0.215. The summed E-state index contributed by atoms with van der Waals surface area (Å²) < 4.78 is 5.74. The number of rotatable bonds is 6. The SMILES string of the molecule is CNCCC=Cc1ccccc1OC(C)C. The summed E-state index contributed by atoms with van der Waals surface area (Å²) in [5.41, 5.74) is 1.15. The maximum absolute atomic E-state index is 5.74. The van der Waals surface area contributed by atoms with Crippen LogP contribution in [0.5, 0.6) is 5.75 Å². The number of hydrogen-bond acceptors (Lipinski definition) is 2. The van der Waals surface area contributed by atoms with Gasteiger partial charge in [-0.05, 0) is 39.9 Å². The summed E-state index contributed by atoms with van der Waals surface area (Å²) in [6.07, 6.45) is 5.53. The molecular formula is C14H21NO. The van der Waals surface area contributed by atoms with Crippen LogP contribution in [0.15, 0.2) is 30.3 Å². The zero-order valence-electron chi connectivity index (χ0n) is 10.4. The van der Waals surface area contributed by atoms with Gasteiger partial charge < -0.3 is 10.1 Å². The van der Waals surface area contributed by atoms with Crippen molar-refractivity contribution in [3.8, 4) is 5.75 Å². The van der Waals surface area contributed by atoms with Crippen LogP contribution in [0.4, 0.5) is 0 Å². The predicted molar refractivity (Wildman–Crippen MR) is 69.8 cm³/mol. The van der Waals surface area contributed by atoms with E-state index in [1.165, 1.54) is 0 Å². The molecule has 0 aliphatic heterocycles. The molecule has 1 N–H and O–H groups in total. The molecule has 0 aliphatic carbocycles. The van der Waals surface area contributed by atoms with E-state index in [0.29, 0.717) is 0 Å². The molecule has 0 aliphatic rings. The Balaban J connectivity index is 2.66. The molecule has 0 heterocycles. The van der Waals surface area contributed by atoms with Crippen molar-refractivity contribution >= 4 is 6.08 Å². The number of ether oxygens (including phenoxy) is 1. The Morgan fingerprint density at radius 1 is 1.31 bits per heavy atom. The van der Waals surface area contributed by atoms with Gasteiger partial charge in [-0.3, -0.25) is 0 Å². The van der Waals surface area contributed by atoms with E-state index < -0.39 is 0 Å². The van der Waals surface area contributed by atoms with Crippen molar-refractivity contribution in [2.45, 2.75) is 26.4 Å². The van der Waals surface area contributed by atoms with Crippen molar-refractivity contribution in [3.05, 3.63) is 35.9 Å². The molecule has 0 saturated heterocycles. The molecule has 1 aromatic carbocycles. The second-order valence-electron chi connectivity index (χ2n) is 4.00. The van der Waals surface area contributed by atoms with Crippen molar-refractivity contribution in [1.29, 1.82) is 0 Å². The van der Waals surface area contributed by atoms with E-state index in [9.17, 15) is 0 Å². The van der Waals surface area contributed by atoms with Gasteiger partial charge in [-0.15, -0.1) is 0 Å². The minimum Gasteiger partial charge on any atom is -0.490 e. The highest BCUT2D eigenvalue weighted by atomic mass is 16.5. The largest absolute Gasteiger partial charge is 0.490 e. The van der Waals surface area contributed by atoms with Crippen molar-refractivity contribution in [3.63, 3.8) is 0 Å². The monoisotopic (exact) mass is 219 g/mol. The molecule has 88 valence electrons. The smallest absolute Gasteiger partial charge is 0.126 e. The minimum absolute atomic E-state index is 0.215. The van der Waals surface area contributed by atoms with Crippen LogP contribution in [-0.4, -0.2) is 19.7 Å². The third-order valence-corrected chi connectivity index (χ3v) is 2.14. The van der Waals surface area contributed by atoms with Gasteiger partial charge in [0.1, 0.15) is 5.75 Å². The van der Waals surface area contributed by atoms with Crippen LogP contribution < -0.4 is 10.1 Å². The molecule has 0 spiro atoms. The molecule has 1 aromatic rings. The summed E-state index contributed by atoms with van der Waals surface area (Å²) in [7, 11) is 1.96. The Morgan fingerprint density at radius 3 is 2.75 bits per heavy atom. The van der Waals surface area contributed by atoms with E-state index in [1.54, 1.807) is 0 Å². The van der Waals surface area contributed by atoms with Crippen LogP contribution in [0.3, 0.4) is 0 Å². The lowest BCUT2D eigenvalue weighted by atomic mass is 10.1. The Morgan fingerprint density at radius 2 is 2.06 bits per heavy atom. The highest BCUT2D eigenvalue weighted by Gasteiger charge is 2.01. The molecule has 0 atom stereocenters. The Labute approximate surface area is 98.3 Å². The van der Waals surface area contributed by atoms with E-state index in [0.717, 1.165) is 24.3 Å². The standard InChI is InChI=1S/C14H21NO/c1-12(2)16-14-10-5-4-8-13(14)9-6-7-11-15-3/h4-6,8-10,12,15H,7,11H2,1-3H3. The normalized spacial score (nSPS) is 11.2. The van der Waals surface area contributed by atoms with E-state index in [-0.39, 0.29) is 6.10 Å². The fourth-order valence-electron chi connectivity index (χ4n) is 1.42. The fourth-order valence-corrected chi connectivity index (χ4v) is 1.42. The molecular weight excluding hydrogens is 198 g/mol. The van der Waals surface area contributed by atoms with Crippen LogP contribution in [0.1, 0.15) is 25.8 Å². The summed E-state index contributed by atoms with van der Waals surface area (Å²) in [5, 5.41) is 3.12. The molecule has 0 unspecified atom stereocenters. The second-order valence-corrected chi connectivity index (χ2v) is 4.00. The molecule has 0 radical (unpaired) electrons. The number of nitrogens with one attached hydrogen (secondary N) is 1. The van der Waals surface area contributed by atoms with Gasteiger partial charge in [-0.25, -0.2) is 0 Å². The van der Waals surface area contributed by atoms with Crippen LogP contribution in [-0.2, 0) is 0 Å². The molecule has 0 aromatic heterocycles. The van der Waals surface area contributed by atoms with Gasteiger partial charge in [0.15, 0.2) is 0 Å². The quantitative estimate of drug-likeness (QED) is 0.742. The molecule has 0 fully saturated rings. The number of benzene rings is 1. The van der Waals surface area contributed by atoms with E-state index >= 15 is 0 Å². The first-order chi connectivity index (χ1) is 7.74. The van der Waals surface area contributed by atoms with E-state index in [4.69, 9.17) is 4.74 Å². The van der Waals surface area contributed by atoms with Crippen molar-refractivity contribution in [1.82, 2.24) is 5.32 Å². The van der Waals surface area contributed by atoms with Crippen molar-refractivity contribution < 1.29 is 4.74 Å². The molecule has 0 bridgehead atoms. The predicted octanol–water partition coefficient (Wildman–Crippen LogP) is 3.10. The first-order valence-electron chi connectivity index (χ1n) is 5.81. The van der Waals surface area contributed by atoms with Crippen LogP contribution >= 0.6 is 0 Å². The fraction of sp³-hybridized carbons (Fsp3) is 0.429. The number of hydrogen-bond donors (Lipinski definition) is 1. The van der Waals surface area contributed by atoms with Crippen LogP contribution in [0.2, 0.25) is 0 Å². The summed E-state index contributed by atoms with van der Waals surface area (Å²) in [4.78, 5) is 0. The topological polar surface area (TPSA) is 21.3 Å². The van der Waals surface area contributed by atoms with Crippen LogP contribution in [0.25, 0.3) is 6.08 Å².